The summed E-state index contributed by atoms with van der Waals surface area (Å²) in [5.41, 5.74) is 11.3. The Bertz CT molecular complexity index is 1370. The van der Waals surface area contributed by atoms with Crippen molar-refractivity contribution in [2.45, 2.75) is 50.7 Å². The first kappa shape index (κ1) is 20.6. The molecular weight excluding hydrogens is 438 g/mol. The third kappa shape index (κ3) is 3.21. The molecular formula is C23H26ClN9. The fourth-order valence-electron chi connectivity index (χ4n) is 5.35. The van der Waals surface area contributed by atoms with Gasteiger partial charge in [-0.2, -0.15) is 5.10 Å². The number of nitrogens with one attached hydrogen (secondary N) is 1. The Morgan fingerprint density at radius 3 is 2.58 bits per heavy atom. The highest BCUT2D eigenvalue weighted by Gasteiger charge is 2.41. The minimum Gasteiger partial charge on any atom is -0.361 e. The molecule has 0 spiro atoms. The van der Waals surface area contributed by atoms with E-state index < -0.39 is 0 Å². The number of aromatic amines is 1. The summed E-state index contributed by atoms with van der Waals surface area (Å²) < 4.78 is 0. The summed E-state index contributed by atoms with van der Waals surface area (Å²) in [5, 5.41) is 8.12. The van der Waals surface area contributed by atoms with Crippen LogP contribution in [0.2, 0.25) is 5.02 Å². The second-order valence-electron chi connectivity index (χ2n) is 9.34. The van der Waals surface area contributed by atoms with Crippen molar-refractivity contribution < 1.29 is 0 Å². The van der Waals surface area contributed by atoms with E-state index in [4.69, 9.17) is 32.3 Å². The lowest BCUT2D eigenvalue weighted by atomic mass is 9.98. The standard InChI is InChI=1S/C23H26ClN9/c1-11-23(33-13-4-5-14(33)9-12(25)8-13)29-22-21(27-11)19(30-31-22)15-6-7-16-20(18(15)24)28-17(10-26-16)32(2)3/h6-7,10,12-14H,4-5,8-9,25H2,1-3H3,(H,29,30,31)/t12?,13-,14+. The van der Waals surface area contributed by atoms with E-state index in [2.05, 4.69) is 20.1 Å². The Balaban J connectivity index is 1.45. The maximum Gasteiger partial charge on any atom is 0.202 e. The van der Waals surface area contributed by atoms with Gasteiger partial charge in [0.1, 0.15) is 16.9 Å². The van der Waals surface area contributed by atoms with Gasteiger partial charge in [0.15, 0.2) is 5.82 Å². The number of rotatable bonds is 3. The molecule has 3 atom stereocenters. The fourth-order valence-corrected chi connectivity index (χ4v) is 5.65. The maximum atomic E-state index is 6.83. The molecule has 2 bridgehead atoms. The van der Waals surface area contributed by atoms with Crippen molar-refractivity contribution >= 4 is 45.4 Å². The van der Waals surface area contributed by atoms with Crippen LogP contribution in [0.4, 0.5) is 11.6 Å². The number of anilines is 2. The van der Waals surface area contributed by atoms with Gasteiger partial charge in [-0.15, -0.1) is 0 Å². The van der Waals surface area contributed by atoms with Crippen molar-refractivity contribution in [1.82, 2.24) is 30.1 Å². The Morgan fingerprint density at radius 1 is 1.09 bits per heavy atom. The molecule has 3 aromatic heterocycles. The molecule has 2 aliphatic rings. The number of H-pyrrole nitrogens is 1. The third-order valence-electron chi connectivity index (χ3n) is 6.92. The van der Waals surface area contributed by atoms with Crippen LogP contribution in [0, 0.1) is 6.92 Å². The lowest BCUT2D eigenvalue weighted by Gasteiger charge is -2.39. The van der Waals surface area contributed by atoms with Crippen LogP contribution in [0.15, 0.2) is 18.3 Å². The molecule has 2 aliphatic heterocycles. The highest BCUT2D eigenvalue weighted by molar-refractivity contribution is 6.38. The van der Waals surface area contributed by atoms with Gasteiger partial charge in [0.25, 0.3) is 0 Å². The van der Waals surface area contributed by atoms with Gasteiger partial charge in [-0.1, -0.05) is 11.6 Å². The van der Waals surface area contributed by atoms with E-state index in [9.17, 15) is 0 Å². The van der Waals surface area contributed by atoms with Crippen molar-refractivity contribution in [2.75, 3.05) is 23.9 Å². The smallest absolute Gasteiger partial charge is 0.202 e. The second-order valence-corrected chi connectivity index (χ2v) is 9.72. The van der Waals surface area contributed by atoms with E-state index in [1.807, 2.05) is 38.1 Å². The first-order chi connectivity index (χ1) is 15.9. The molecule has 9 nitrogen and oxygen atoms in total. The average molecular weight is 464 g/mol. The second kappa shape index (κ2) is 7.50. The summed E-state index contributed by atoms with van der Waals surface area (Å²) in [6, 6.07) is 4.99. The summed E-state index contributed by atoms with van der Waals surface area (Å²) in [7, 11) is 3.85. The third-order valence-corrected chi connectivity index (χ3v) is 7.30. The van der Waals surface area contributed by atoms with Crippen LogP contribution in [0.25, 0.3) is 33.5 Å². The van der Waals surface area contributed by atoms with Gasteiger partial charge in [0.2, 0.25) is 5.65 Å². The van der Waals surface area contributed by atoms with E-state index in [0.29, 0.717) is 33.8 Å². The molecule has 6 rings (SSSR count). The number of benzene rings is 1. The molecule has 5 heterocycles. The zero-order valence-corrected chi connectivity index (χ0v) is 19.6. The Hall–Kier alpha value is -3.04. The molecule has 3 N–H and O–H groups in total. The summed E-state index contributed by atoms with van der Waals surface area (Å²) >= 11 is 6.83. The van der Waals surface area contributed by atoms with Crippen molar-refractivity contribution in [1.29, 1.82) is 0 Å². The number of aromatic nitrogens is 6. The topological polar surface area (TPSA) is 113 Å². The summed E-state index contributed by atoms with van der Waals surface area (Å²) in [5.74, 6) is 1.67. The Morgan fingerprint density at radius 2 is 1.85 bits per heavy atom. The number of fused-ring (bicyclic) bond motifs is 4. The number of hydrogen-bond donors (Lipinski definition) is 2. The quantitative estimate of drug-likeness (QED) is 0.475. The van der Waals surface area contributed by atoms with Gasteiger partial charge >= 0.3 is 0 Å². The number of halogens is 1. The largest absolute Gasteiger partial charge is 0.361 e. The van der Waals surface area contributed by atoms with E-state index >= 15 is 0 Å². The van der Waals surface area contributed by atoms with E-state index in [0.717, 1.165) is 59.8 Å². The van der Waals surface area contributed by atoms with E-state index in [1.165, 1.54) is 0 Å². The molecule has 0 radical (unpaired) electrons. The van der Waals surface area contributed by atoms with Gasteiger partial charge in [-0.05, 0) is 44.7 Å². The summed E-state index contributed by atoms with van der Waals surface area (Å²) in [6.45, 7) is 2.02. The van der Waals surface area contributed by atoms with Gasteiger partial charge in [0, 0.05) is 37.8 Å². The molecule has 10 heteroatoms. The van der Waals surface area contributed by atoms with Crippen LogP contribution in [-0.4, -0.2) is 62.4 Å². The van der Waals surface area contributed by atoms with Gasteiger partial charge < -0.3 is 15.5 Å². The van der Waals surface area contributed by atoms with Crippen molar-refractivity contribution in [2.24, 2.45) is 5.73 Å². The highest BCUT2D eigenvalue weighted by atomic mass is 35.5. The average Bonchev–Trinajstić information content (AvgIpc) is 3.31. The molecule has 2 saturated heterocycles. The zero-order valence-electron chi connectivity index (χ0n) is 18.9. The minimum absolute atomic E-state index is 0.277. The molecule has 1 aromatic carbocycles. The lowest BCUT2D eigenvalue weighted by molar-refractivity contribution is 0.411. The predicted octanol–water partition coefficient (Wildman–Crippen LogP) is 3.45. The molecule has 0 saturated carbocycles. The monoisotopic (exact) mass is 463 g/mol. The molecule has 170 valence electrons. The van der Waals surface area contributed by atoms with Gasteiger partial charge in [0.05, 0.1) is 28.1 Å². The van der Waals surface area contributed by atoms with Crippen molar-refractivity contribution in [3.63, 3.8) is 0 Å². The van der Waals surface area contributed by atoms with Crippen molar-refractivity contribution in [3.8, 4) is 11.3 Å². The number of nitrogens with zero attached hydrogens (tertiary/aromatic N) is 7. The van der Waals surface area contributed by atoms with Crippen LogP contribution in [-0.2, 0) is 0 Å². The minimum atomic E-state index is 0.277. The fraction of sp³-hybridized carbons (Fsp3) is 0.435. The van der Waals surface area contributed by atoms with E-state index in [1.54, 1.807) is 6.20 Å². The molecule has 33 heavy (non-hydrogen) atoms. The molecule has 4 aromatic rings. The van der Waals surface area contributed by atoms with Crippen LogP contribution in [0.1, 0.15) is 31.4 Å². The van der Waals surface area contributed by atoms with Crippen LogP contribution in [0.3, 0.4) is 0 Å². The lowest BCUT2D eigenvalue weighted by Crippen LogP contribution is -2.48. The number of nitrogens with two attached hydrogens (primary N) is 1. The highest BCUT2D eigenvalue weighted by Crippen LogP contribution is 2.40. The normalized spacial score (nSPS) is 22.5. The first-order valence-corrected chi connectivity index (χ1v) is 11.7. The summed E-state index contributed by atoms with van der Waals surface area (Å²) in [4.78, 5) is 23.4. The Kier molecular flexibility index (Phi) is 4.67. The molecule has 1 unspecified atom stereocenters. The predicted molar refractivity (Wildman–Crippen MR) is 131 cm³/mol. The number of aryl methyl sites for hydroxylation is 1. The molecule has 2 fully saturated rings. The van der Waals surface area contributed by atoms with Gasteiger partial charge in [-0.3, -0.25) is 10.1 Å². The first-order valence-electron chi connectivity index (χ1n) is 11.3. The maximum absolute atomic E-state index is 6.83. The zero-order chi connectivity index (χ0) is 22.9. The summed E-state index contributed by atoms with van der Waals surface area (Å²) in [6.07, 6.45) is 6.06. The van der Waals surface area contributed by atoms with Crippen LogP contribution < -0.4 is 15.5 Å². The van der Waals surface area contributed by atoms with Crippen LogP contribution >= 0.6 is 11.6 Å². The van der Waals surface area contributed by atoms with Crippen molar-refractivity contribution in [3.05, 3.63) is 29.0 Å². The van der Waals surface area contributed by atoms with Gasteiger partial charge in [-0.25, -0.2) is 15.0 Å². The molecule has 0 aliphatic carbocycles. The van der Waals surface area contributed by atoms with Crippen LogP contribution in [0.5, 0.6) is 0 Å². The molecule has 0 amide bonds. The SMILES string of the molecule is Cc1nc2c(-c3ccc4ncc(N(C)C)nc4c3Cl)[nH]nc2nc1N1[C@@H]2CC[C@H]1CC(N)C2. The van der Waals surface area contributed by atoms with E-state index in [-0.39, 0.29) is 6.04 Å². The number of hydrogen-bond acceptors (Lipinski definition) is 8. The Labute approximate surface area is 196 Å². The number of piperidine rings is 1.